The SMILES string of the molecule is CC1(C)C=C(n2cc(N)cc(Br)c2=O)c2cc([N+](=O)[O-])ccc2O1. The molecule has 0 atom stereocenters. The molecule has 0 radical (unpaired) electrons. The minimum atomic E-state index is -0.686. The van der Waals surface area contributed by atoms with Crippen molar-refractivity contribution in [3.8, 4) is 5.75 Å². The van der Waals surface area contributed by atoms with Crippen LogP contribution in [0.2, 0.25) is 0 Å². The molecule has 8 heteroatoms. The molecule has 124 valence electrons. The zero-order valence-electron chi connectivity index (χ0n) is 12.9. The molecule has 1 aromatic heterocycles. The van der Waals surface area contributed by atoms with E-state index in [9.17, 15) is 14.9 Å². The monoisotopic (exact) mass is 391 g/mol. The van der Waals surface area contributed by atoms with Crippen LogP contribution in [0.25, 0.3) is 5.70 Å². The van der Waals surface area contributed by atoms with E-state index in [1.165, 1.54) is 35.0 Å². The Morgan fingerprint density at radius 3 is 2.71 bits per heavy atom. The summed E-state index contributed by atoms with van der Waals surface area (Å²) < 4.78 is 7.52. The number of benzene rings is 1. The van der Waals surface area contributed by atoms with Gasteiger partial charge in [-0.25, -0.2) is 0 Å². The van der Waals surface area contributed by atoms with Crippen LogP contribution in [-0.2, 0) is 0 Å². The van der Waals surface area contributed by atoms with Crippen LogP contribution in [0.3, 0.4) is 0 Å². The van der Waals surface area contributed by atoms with Gasteiger partial charge in [0.1, 0.15) is 11.4 Å². The highest BCUT2D eigenvalue weighted by atomic mass is 79.9. The molecule has 0 aliphatic carbocycles. The fraction of sp³-hybridized carbons (Fsp3) is 0.188. The number of pyridine rings is 1. The molecule has 7 nitrogen and oxygen atoms in total. The Hall–Kier alpha value is -2.61. The van der Waals surface area contributed by atoms with E-state index in [1.54, 1.807) is 6.08 Å². The minimum Gasteiger partial charge on any atom is -0.483 e. The van der Waals surface area contributed by atoms with Gasteiger partial charge in [-0.2, -0.15) is 0 Å². The van der Waals surface area contributed by atoms with Crippen LogP contribution in [0, 0.1) is 10.1 Å². The first kappa shape index (κ1) is 16.3. The molecule has 0 spiro atoms. The average Bonchev–Trinajstić information content (AvgIpc) is 2.48. The third kappa shape index (κ3) is 2.80. The molecule has 2 heterocycles. The summed E-state index contributed by atoms with van der Waals surface area (Å²) >= 11 is 3.19. The Balaban J connectivity index is 2.31. The number of ether oxygens (including phenoxy) is 1. The van der Waals surface area contributed by atoms with Gasteiger partial charge in [0, 0.05) is 29.6 Å². The summed E-state index contributed by atoms with van der Waals surface area (Å²) in [6.07, 6.45) is 3.23. The summed E-state index contributed by atoms with van der Waals surface area (Å²) in [5, 5.41) is 11.1. The van der Waals surface area contributed by atoms with Crippen molar-refractivity contribution in [1.29, 1.82) is 0 Å². The Bertz CT molecular complexity index is 947. The van der Waals surface area contributed by atoms with Gasteiger partial charge in [0.2, 0.25) is 0 Å². The number of halogens is 1. The number of nitrogens with two attached hydrogens (primary N) is 1. The highest BCUT2D eigenvalue weighted by Crippen LogP contribution is 2.38. The molecule has 0 amide bonds. The number of nitrogen functional groups attached to an aromatic ring is 1. The lowest BCUT2D eigenvalue weighted by molar-refractivity contribution is -0.384. The minimum absolute atomic E-state index is 0.0843. The average molecular weight is 392 g/mol. The fourth-order valence-corrected chi connectivity index (χ4v) is 3.04. The van der Waals surface area contributed by atoms with E-state index in [-0.39, 0.29) is 11.2 Å². The number of hydrogen-bond donors (Lipinski definition) is 1. The van der Waals surface area contributed by atoms with Gasteiger partial charge in [-0.1, -0.05) is 0 Å². The van der Waals surface area contributed by atoms with Crippen molar-refractivity contribution in [2.75, 3.05) is 5.73 Å². The maximum atomic E-state index is 12.5. The number of fused-ring (bicyclic) bond motifs is 1. The number of nitro benzene ring substituents is 1. The topological polar surface area (TPSA) is 100 Å². The maximum Gasteiger partial charge on any atom is 0.270 e. The van der Waals surface area contributed by atoms with E-state index in [0.29, 0.717) is 27.2 Å². The highest BCUT2D eigenvalue weighted by Gasteiger charge is 2.29. The van der Waals surface area contributed by atoms with E-state index in [1.807, 2.05) is 13.8 Å². The molecule has 0 saturated heterocycles. The van der Waals surface area contributed by atoms with Gasteiger partial charge >= 0.3 is 0 Å². The van der Waals surface area contributed by atoms with Crippen LogP contribution in [0.15, 0.2) is 45.8 Å². The smallest absolute Gasteiger partial charge is 0.270 e. The van der Waals surface area contributed by atoms with Crippen LogP contribution in [0.4, 0.5) is 11.4 Å². The molecule has 0 saturated carbocycles. The Labute approximate surface area is 145 Å². The Morgan fingerprint density at radius 1 is 1.33 bits per heavy atom. The molecular weight excluding hydrogens is 378 g/mol. The largest absolute Gasteiger partial charge is 0.483 e. The van der Waals surface area contributed by atoms with E-state index < -0.39 is 10.5 Å². The number of hydrogen-bond acceptors (Lipinski definition) is 5. The normalized spacial score (nSPS) is 15.2. The third-order valence-corrected chi connectivity index (χ3v) is 4.13. The molecule has 2 aromatic rings. The van der Waals surface area contributed by atoms with Gasteiger partial charge in [0.05, 0.1) is 15.1 Å². The molecule has 1 aliphatic heterocycles. The maximum absolute atomic E-state index is 12.5. The van der Waals surface area contributed by atoms with E-state index >= 15 is 0 Å². The van der Waals surface area contributed by atoms with E-state index in [0.717, 1.165) is 0 Å². The standard InChI is InChI=1S/C16H14BrN3O4/c1-16(2)7-13(19-8-9(18)5-12(17)15(19)21)11-6-10(20(22)23)3-4-14(11)24-16/h3-8H,18H2,1-2H3. The molecule has 3 rings (SSSR count). The number of nitro groups is 1. The van der Waals surface area contributed by atoms with Crippen LogP contribution < -0.4 is 16.0 Å². The summed E-state index contributed by atoms with van der Waals surface area (Å²) in [6.45, 7) is 3.67. The van der Waals surface area contributed by atoms with Gasteiger partial charge in [0.25, 0.3) is 11.2 Å². The molecule has 0 fully saturated rings. The summed E-state index contributed by atoms with van der Waals surface area (Å²) in [6, 6.07) is 5.81. The Morgan fingerprint density at radius 2 is 2.04 bits per heavy atom. The first-order valence-corrected chi connectivity index (χ1v) is 7.86. The number of nitrogens with zero attached hydrogens (tertiary/aromatic N) is 2. The summed E-state index contributed by atoms with van der Waals surface area (Å²) in [4.78, 5) is 23.1. The third-order valence-electron chi connectivity index (χ3n) is 3.56. The lowest BCUT2D eigenvalue weighted by Gasteiger charge is -2.31. The first-order valence-electron chi connectivity index (χ1n) is 7.07. The first-order chi connectivity index (χ1) is 11.2. The predicted octanol–water partition coefficient (Wildman–Crippen LogP) is 3.16. The molecule has 0 unspecified atom stereocenters. The number of anilines is 1. The van der Waals surface area contributed by atoms with Crippen LogP contribution in [-0.4, -0.2) is 15.1 Å². The van der Waals surface area contributed by atoms with Crippen LogP contribution in [0.1, 0.15) is 19.4 Å². The molecule has 1 aliphatic rings. The highest BCUT2D eigenvalue weighted by molar-refractivity contribution is 9.10. The summed E-state index contributed by atoms with van der Waals surface area (Å²) in [5.74, 6) is 0.466. The summed E-state index contributed by atoms with van der Waals surface area (Å²) in [5.41, 5.74) is 6.10. The second kappa shape index (κ2) is 5.48. The van der Waals surface area contributed by atoms with Crippen molar-refractivity contribution in [2.45, 2.75) is 19.4 Å². The van der Waals surface area contributed by atoms with Crippen molar-refractivity contribution in [2.24, 2.45) is 0 Å². The molecular formula is C16H14BrN3O4. The summed E-state index contributed by atoms with van der Waals surface area (Å²) in [7, 11) is 0. The quantitative estimate of drug-likeness (QED) is 0.625. The zero-order chi connectivity index (χ0) is 17.6. The van der Waals surface area contributed by atoms with Crippen LogP contribution in [0.5, 0.6) is 5.75 Å². The van der Waals surface area contributed by atoms with Crippen LogP contribution >= 0.6 is 15.9 Å². The van der Waals surface area contributed by atoms with E-state index in [4.69, 9.17) is 10.5 Å². The second-order valence-corrected chi connectivity index (χ2v) is 6.82. The number of aromatic nitrogens is 1. The van der Waals surface area contributed by atoms with Crippen molar-refractivity contribution in [3.63, 3.8) is 0 Å². The number of rotatable bonds is 2. The number of non-ortho nitro benzene ring substituents is 1. The Kier molecular flexibility index (Phi) is 3.71. The fourth-order valence-electron chi connectivity index (χ4n) is 2.59. The van der Waals surface area contributed by atoms with Gasteiger partial charge in [-0.05, 0) is 48.0 Å². The van der Waals surface area contributed by atoms with Gasteiger partial charge < -0.3 is 10.5 Å². The van der Waals surface area contributed by atoms with Gasteiger partial charge in [0.15, 0.2) is 0 Å². The van der Waals surface area contributed by atoms with Crippen molar-refractivity contribution in [3.05, 3.63) is 67.0 Å². The predicted molar refractivity (Wildman–Crippen MR) is 94.0 cm³/mol. The van der Waals surface area contributed by atoms with Crippen molar-refractivity contribution >= 4 is 33.0 Å². The van der Waals surface area contributed by atoms with E-state index in [2.05, 4.69) is 15.9 Å². The van der Waals surface area contributed by atoms with Crippen molar-refractivity contribution < 1.29 is 9.66 Å². The second-order valence-electron chi connectivity index (χ2n) is 5.97. The zero-order valence-corrected chi connectivity index (χ0v) is 14.5. The van der Waals surface area contributed by atoms with Gasteiger partial charge in [-0.3, -0.25) is 19.5 Å². The molecule has 0 bridgehead atoms. The molecule has 2 N–H and O–H groups in total. The molecule has 24 heavy (non-hydrogen) atoms. The lowest BCUT2D eigenvalue weighted by Crippen LogP contribution is -2.32. The lowest BCUT2D eigenvalue weighted by atomic mass is 9.98. The van der Waals surface area contributed by atoms with Gasteiger partial charge in [-0.15, -0.1) is 0 Å². The van der Waals surface area contributed by atoms with Crippen molar-refractivity contribution in [1.82, 2.24) is 4.57 Å². The molecule has 1 aromatic carbocycles.